The lowest BCUT2D eigenvalue weighted by Gasteiger charge is -2.28. The second kappa shape index (κ2) is 8.39. The van der Waals surface area contributed by atoms with E-state index in [1.807, 2.05) is 4.90 Å². The molecule has 0 saturated heterocycles. The van der Waals surface area contributed by atoms with E-state index in [4.69, 9.17) is 5.11 Å². The van der Waals surface area contributed by atoms with Crippen molar-refractivity contribution in [3.63, 3.8) is 0 Å². The topological polar surface area (TPSA) is 40.5 Å². The molecule has 116 valence electrons. The van der Waals surface area contributed by atoms with Crippen LogP contribution in [0, 0.1) is 5.82 Å². The molecule has 0 heterocycles. The standard InChI is InChI=1S/C16H22FNO2S/c17-14-7-3-4-8-15(14)21-12-9-16(20)18(10-11-19)13-5-1-2-6-13/h3-4,7-8,13,19H,1-2,5-6,9-12H2. The molecule has 0 unspecified atom stereocenters. The Balaban J connectivity index is 1.83. The van der Waals surface area contributed by atoms with Crippen molar-refractivity contribution in [2.24, 2.45) is 0 Å². The Kier molecular flexibility index (Phi) is 6.51. The van der Waals surface area contributed by atoms with Gasteiger partial charge in [0.25, 0.3) is 0 Å². The SMILES string of the molecule is O=C(CCSc1ccccc1F)N(CCO)C1CCCC1. The number of carbonyl (C=O) groups is 1. The van der Waals surface area contributed by atoms with Crippen LogP contribution in [0.1, 0.15) is 32.1 Å². The zero-order valence-corrected chi connectivity index (χ0v) is 12.9. The van der Waals surface area contributed by atoms with Crippen LogP contribution in [0.3, 0.4) is 0 Å². The maximum Gasteiger partial charge on any atom is 0.223 e. The molecule has 0 spiro atoms. The fraction of sp³-hybridized carbons (Fsp3) is 0.562. The van der Waals surface area contributed by atoms with Crippen LogP contribution in [0.15, 0.2) is 29.2 Å². The Morgan fingerprint density at radius 3 is 2.71 bits per heavy atom. The number of halogens is 1. The number of thioether (sulfide) groups is 1. The third kappa shape index (κ3) is 4.71. The Morgan fingerprint density at radius 1 is 1.33 bits per heavy atom. The average Bonchev–Trinajstić information content (AvgIpc) is 3.00. The molecule has 1 saturated carbocycles. The van der Waals surface area contributed by atoms with Gasteiger partial charge in [-0.25, -0.2) is 4.39 Å². The molecular weight excluding hydrogens is 289 g/mol. The smallest absolute Gasteiger partial charge is 0.223 e. The Bertz CT molecular complexity index is 463. The van der Waals surface area contributed by atoms with E-state index in [2.05, 4.69) is 0 Å². The average molecular weight is 311 g/mol. The molecule has 1 aliphatic rings. The summed E-state index contributed by atoms with van der Waals surface area (Å²) in [5.74, 6) is 0.395. The van der Waals surface area contributed by atoms with Crippen molar-refractivity contribution >= 4 is 17.7 Å². The van der Waals surface area contributed by atoms with E-state index in [0.29, 0.717) is 23.6 Å². The van der Waals surface area contributed by atoms with Gasteiger partial charge in [0.1, 0.15) is 5.82 Å². The second-order valence-corrected chi connectivity index (χ2v) is 6.41. The highest BCUT2D eigenvalue weighted by Gasteiger charge is 2.25. The highest BCUT2D eigenvalue weighted by molar-refractivity contribution is 7.99. The van der Waals surface area contributed by atoms with Gasteiger partial charge in [-0.3, -0.25) is 4.79 Å². The van der Waals surface area contributed by atoms with Crippen molar-refractivity contribution < 1.29 is 14.3 Å². The van der Waals surface area contributed by atoms with Gasteiger partial charge in [0.15, 0.2) is 0 Å². The number of hydrogen-bond acceptors (Lipinski definition) is 3. The van der Waals surface area contributed by atoms with Crippen LogP contribution in [0.2, 0.25) is 0 Å². The predicted octanol–water partition coefficient (Wildman–Crippen LogP) is 3.07. The van der Waals surface area contributed by atoms with E-state index in [9.17, 15) is 9.18 Å². The van der Waals surface area contributed by atoms with E-state index in [-0.39, 0.29) is 24.4 Å². The minimum absolute atomic E-state index is 0.00267. The molecule has 3 nitrogen and oxygen atoms in total. The van der Waals surface area contributed by atoms with Gasteiger partial charge in [-0.1, -0.05) is 25.0 Å². The minimum Gasteiger partial charge on any atom is -0.395 e. The second-order valence-electron chi connectivity index (χ2n) is 5.28. The van der Waals surface area contributed by atoms with Gasteiger partial charge >= 0.3 is 0 Å². The van der Waals surface area contributed by atoms with Crippen molar-refractivity contribution in [3.05, 3.63) is 30.1 Å². The lowest BCUT2D eigenvalue weighted by atomic mass is 10.2. The van der Waals surface area contributed by atoms with Crippen LogP contribution >= 0.6 is 11.8 Å². The number of aliphatic hydroxyl groups excluding tert-OH is 1. The summed E-state index contributed by atoms with van der Waals surface area (Å²) in [7, 11) is 0. The van der Waals surface area contributed by atoms with Crippen molar-refractivity contribution in [2.45, 2.75) is 43.0 Å². The molecule has 0 atom stereocenters. The van der Waals surface area contributed by atoms with Gasteiger partial charge in [0, 0.05) is 29.7 Å². The lowest BCUT2D eigenvalue weighted by molar-refractivity contribution is -0.133. The van der Waals surface area contributed by atoms with Gasteiger partial charge in [0.05, 0.1) is 6.61 Å². The van der Waals surface area contributed by atoms with Crippen LogP contribution < -0.4 is 0 Å². The normalized spacial score (nSPS) is 15.3. The molecule has 1 N–H and O–H groups in total. The van der Waals surface area contributed by atoms with Crippen LogP contribution in [-0.4, -0.2) is 40.9 Å². The maximum absolute atomic E-state index is 13.5. The Hall–Kier alpha value is -1.07. The minimum atomic E-state index is -0.238. The summed E-state index contributed by atoms with van der Waals surface area (Å²) in [6.45, 7) is 0.413. The quantitative estimate of drug-likeness (QED) is 0.787. The molecule has 0 aromatic heterocycles. The molecule has 1 fully saturated rings. The maximum atomic E-state index is 13.5. The number of nitrogens with zero attached hydrogens (tertiary/aromatic N) is 1. The molecular formula is C16H22FNO2S. The molecule has 2 rings (SSSR count). The molecule has 0 bridgehead atoms. The fourth-order valence-corrected chi connectivity index (χ4v) is 3.67. The molecule has 21 heavy (non-hydrogen) atoms. The van der Waals surface area contributed by atoms with Gasteiger partial charge in [-0.15, -0.1) is 11.8 Å². The summed E-state index contributed by atoms with van der Waals surface area (Å²) in [5, 5.41) is 9.14. The van der Waals surface area contributed by atoms with E-state index in [1.165, 1.54) is 17.8 Å². The zero-order valence-electron chi connectivity index (χ0n) is 12.1. The first-order valence-electron chi connectivity index (χ1n) is 7.50. The highest BCUT2D eigenvalue weighted by Crippen LogP contribution is 2.25. The Morgan fingerprint density at radius 2 is 2.05 bits per heavy atom. The molecule has 1 amide bonds. The molecule has 0 radical (unpaired) electrons. The van der Waals surface area contributed by atoms with Gasteiger partial charge in [-0.05, 0) is 25.0 Å². The number of rotatable bonds is 7. The van der Waals surface area contributed by atoms with Crippen LogP contribution in [0.5, 0.6) is 0 Å². The zero-order chi connectivity index (χ0) is 15.1. The molecule has 1 aliphatic carbocycles. The van der Waals surface area contributed by atoms with Crippen LogP contribution in [0.25, 0.3) is 0 Å². The first kappa shape index (κ1) is 16.3. The van der Waals surface area contributed by atoms with E-state index >= 15 is 0 Å². The summed E-state index contributed by atoms with van der Waals surface area (Å²) in [6.07, 6.45) is 4.77. The predicted molar refractivity (Wildman–Crippen MR) is 82.8 cm³/mol. The number of hydrogen-bond donors (Lipinski definition) is 1. The Labute approximate surface area is 129 Å². The summed E-state index contributed by atoms with van der Waals surface area (Å²) in [6, 6.07) is 6.90. The number of benzene rings is 1. The van der Waals surface area contributed by atoms with Crippen molar-refractivity contribution in [1.82, 2.24) is 4.90 Å². The summed E-state index contributed by atoms with van der Waals surface area (Å²) in [5.41, 5.74) is 0. The van der Waals surface area contributed by atoms with Crippen LogP contribution in [0.4, 0.5) is 4.39 Å². The molecule has 1 aromatic rings. The van der Waals surface area contributed by atoms with Crippen molar-refractivity contribution in [3.8, 4) is 0 Å². The van der Waals surface area contributed by atoms with E-state index in [0.717, 1.165) is 25.7 Å². The third-order valence-electron chi connectivity index (χ3n) is 3.84. The van der Waals surface area contributed by atoms with Gasteiger partial charge in [-0.2, -0.15) is 0 Å². The summed E-state index contributed by atoms with van der Waals surface area (Å²) >= 11 is 1.37. The largest absolute Gasteiger partial charge is 0.395 e. The van der Waals surface area contributed by atoms with Crippen molar-refractivity contribution in [1.29, 1.82) is 0 Å². The lowest BCUT2D eigenvalue weighted by Crippen LogP contribution is -2.40. The number of carbonyl (C=O) groups excluding carboxylic acids is 1. The molecule has 1 aromatic carbocycles. The van der Waals surface area contributed by atoms with E-state index < -0.39 is 0 Å². The van der Waals surface area contributed by atoms with Crippen molar-refractivity contribution in [2.75, 3.05) is 18.9 Å². The first-order chi connectivity index (χ1) is 10.2. The monoisotopic (exact) mass is 311 g/mol. The fourth-order valence-electron chi connectivity index (χ4n) is 2.79. The summed E-state index contributed by atoms with van der Waals surface area (Å²) in [4.78, 5) is 14.7. The first-order valence-corrected chi connectivity index (χ1v) is 8.48. The number of amides is 1. The molecule has 5 heteroatoms. The van der Waals surface area contributed by atoms with Gasteiger partial charge in [0.2, 0.25) is 5.91 Å². The van der Waals surface area contributed by atoms with Crippen LogP contribution in [-0.2, 0) is 4.79 Å². The van der Waals surface area contributed by atoms with E-state index in [1.54, 1.807) is 18.2 Å². The third-order valence-corrected chi connectivity index (χ3v) is 4.89. The highest BCUT2D eigenvalue weighted by atomic mass is 32.2. The molecule has 0 aliphatic heterocycles. The summed E-state index contributed by atoms with van der Waals surface area (Å²) < 4.78 is 13.5. The van der Waals surface area contributed by atoms with Gasteiger partial charge < -0.3 is 10.0 Å². The number of aliphatic hydroxyl groups is 1.